The Balaban J connectivity index is 1.49. The quantitative estimate of drug-likeness (QED) is 0.595. The number of aliphatic hydroxyl groups is 1. The van der Waals surface area contributed by atoms with Gasteiger partial charge in [-0.2, -0.15) is 9.67 Å². The van der Waals surface area contributed by atoms with E-state index in [2.05, 4.69) is 39.4 Å². The normalized spacial score (nSPS) is 19.2. The minimum absolute atomic E-state index is 0.0203. The van der Waals surface area contributed by atoms with Crippen molar-refractivity contribution in [2.24, 2.45) is 0 Å². The topological polar surface area (TPSA) is 107 Å². The average Bonchev–Trinajstić information content (AvgIpc) is 3.33. The summed E-state index contributed by atoms with van der Waals surface area (Å²) in [7, 11) is 0. The smallest absolute Gasteiger partial charge is 0.225 e. The molecule has 1 saturated carbocycles. The third-order valence-corrected chi connectivity index (χ3v) is 4.82. The molecule has 29 heavy (non-hydrogen) atoms. The Morgan fingerprint density at radius 1 is 1.24 bits per heavy atom. The standard InChI is InChI=1S/C20H26N6O3/c1-13(2)29-17-6-3-14(11-17)22-20-21-12-18-19(23-20)26(25-24-18)15-4-7-16(8-5-15)28-10-9-27/h4-5,7-8,12-14,17,27H,3,6,9-11H2,1-2H3,(H,21,22,23). The molecule has 0 bridgehead atoms. The van der Waals surface area contributed by atoms with Crippen molar-refractivity contribution in [3.05, 3.63) is 30.5 Å². The van der Waals surface area contributed by atoms with Gasteiger partial charge in [-0.05, 0) is 57.4 Å². The molecule has 1 aliphatic rings. The van der Waals surface area contributed by atoms with Gasteiger partial charge in [0.2, 0.25) is 5.95 Å². The van der Waals surface area contributed by atoms with E-state index in [9.17, 15) is 0 Å². The number of fused-ring (bicyclic) bond motifs is 1. The highest BCUT2D eigenvalue weighted by atomic mass is 16.5. The van der Waals surface area contributed by atoms with Gasteiger partial charge in [0.05, 0.1) is 30.7 Å². The molecule has 3 aromatic rings. The predicted molar refractivity (Wildman–Crippen MR) is 108 cm³/mol. The molecule has 1 fully saturated rings. The van der Waals surface area contributed by atoms with E-state index in [4.69, 9.17) is 14.6 Å². The van der Waals surface area contributed by atoms with Crippen molar-refractivity contribution in [3.8, 4) is 11.4 Å². The Morgan fingerprint density at radius 3 is 2.83 bits per heavy atom. The van der Waals surface area contributed by atoms with Gasteiger partial charge in [0.1, 0.15) is 12.4 Å². The van der Waals surface area contributed by atoms with Crippen LogP contribution in [-0.2, 0) is 4.74 Å². The highest BCUT2D eigenvalue weighted by Gasteiger charge is 2.26. The first-order valence-electron chi connectivity index (χ1n) is 9.97. The highest BCUT2D eigenvalue weighted by Crippen LogP contribution is 2.26. The summed E-state index contributed by atoms with van der Waals surface area (Å²) in [6, 6.07) is 7.70. The largest absolute Gasteiger partial charge is 0.491 e. The van der Waals surface area contributed by atoms with Crippen molar-refractivity contribution < 1.29 is 14.6 Å². The Kier molecular flexibility index (Phi) is 5.86. The minimum atomic E-state index is -0.0203. The zero-order valence-electron chi connectivity index (χ0n) is 16.7. The number of nitrogens with zero attached hydrogens (tertiary/aromatic N) is 5. The van der Waals surface area contributed by atoms with Crippen LogP contribution < -0.4 is 10.1 Å². The van der Waals surface area contributed by atoms with Crippen molar-refractivity contribution in [2.45, 2.75) is 51.4 Å². The van der Waals surface area contributed by atoms with Gasteiger partial charge < -0.3 is 19.9 Å². The van der Waals surface area contributed by atoms with Gasteiger partial charge in [0.15, 0.2) is 11.2 Å². The van der Waals surface area contributed by atoms with Crippen LogP contribution in [0.2, 0.25) is 0 Å². The fourth-order valence-electron chi connectivity index (χ4n) is 3.58. The molecule has 4 rings (SSSR count). The van der Waals surface area contributed by atoms with E-state index < -0.39 is 0 Å². The predicted octanol–water partition coefficient (Wildman–Crippen LogP) is 2.34. The van der Waals surface area contributed by atoms with Crippen LogP contribution in [0.4, 0.5) is 5.95 Å². The Hall–Kier alpha value is -2.78. The first-order valence-corrected chi connectivity index (χ1v) is 9.97. The van der Waals surface area contributed by atoms with Crippen LogP contribution in [0.5, 0.6) is 5.75 Å². The Labute approximate surface area is 169 Å². The van der Waals surface area contributed by atoms with E-state index in [1.54, 1.807) is 10.9 Å². The Morgan fingerprint density at radius 2 is 2.07 bits per heavy atom. The monoisotopic (exact) mass is 398 g/mol. The zero-order valence-corrected chi connectivity index (χ0v) is 16.7. The van der Waals surface area contributed by atoms with E-state index in [-0.39, 0.29) is 25.4 Å². The summed E-state index contributed by atoms with van der Waals surface area (Å²) < 4.78 is 13.0. The lowest BCUT2D eigenvalue weighted by atomic mass is 10.2. The van der Waals surface area contributed by atoms with Crippen LogP contribution in [0.3, 0.4) is 0 Å². The molecular formula is C20H26N6O3. The lowest BCUT2D eigenvalue weighted by molar-refractivity contribution is 0.0122. The summed E-state index contributed by atoms with van der Waals surface area (Å²) in [5.74, 6) is 1.25. The lowest BCUT2D eigenvalue weighted by Crippen LogP contribution is -2.20. The maximum absolute atomic E-state index is 8.86. The van der Waals surface area contributed by atoms with Crippen LogP contribution in [0, 0.1) is 0 Å². The van der Waals surface area contributed by atoms with Crippen molar-refractivity contribution in [3.63, 3.8) is 0 Å². The molecule has 1 aliphatic carbocycles. The molecule has 9 nitrogen and oxygen atoms in total. The van der Waals surface area contributed by atoms with Crippen LogP contribution in [0.15, 0.2) is 30.5 Å². The molecule has 2 unspecified atom stereocenters. The number of hydrogen-bond acceptors (Lipinski definition) is 8. The van der Waals surface area contributed by atoms with Crippen LogP contribution in [0.1, 0.15) is 33.1 Å². The summed E-state index contributed by atoms with van der Waals surface area (Å²) in [6.07, 6.45) is 5.24. The number of rotatable bonds is 8. The molecule has 0 amide bonds. The van der Waals surface area contributed by atoms with E-state index >= 15 is 0 Å². The summed E-state index contributed by atoms with van der Waals surface area (Å²) in [6.45, 7) is 4.38. The molecule has 2 aromatic heterocycles. The molecule has 2 atom stereocenters. The number of aromatic nitrogens is 5. The molecule has 0 spiro atoms. The molecule has 154 valence electrons. The maximum atomic E-state index is 8.86. The second-order valence-electron chi connectivity index (χ2n) is 7.43. The average molecular weight is 398 g/mol. The minimum Gasteiger partial charge on any atom is -0.491 e. The molecule has 0 saturated heterocycles. The van der Waals surface area contributed by atoms with Gasteiger partial charge in [-0.3, -0.25) is 0 Å². The molecule has 1 aromatic carbocycles. The van der Waals surface area contributed by atoms with Crippen LogP contribution in [0.25, 0.3) is 16.9 Å². The fraction of sp³-hybridized carbons (Fsp3) is 0.500. The van der Waals surface area contributed by atoms with Gasteiger partial charge in [-0.15, -0.1) is 5.10 Å². The first kappa shape index (κ1) is 19.5. The van der Waals surface area contributed by atoms with E-state index in [0.29, 0.717) is 28.9 Å². The molecule has 0 radical (unpaired) electrons. The third kappa shape index (κ3) is 4.63. The van der Waals surface area contributed by atoms with Crippen molar-refractivity contribution in [1.82, 2.24) is 25.0 Å². The van der Waals surface area contributed by atoms with Crippen LogP contribution >= 0.6 is 0 Å². The maximum Gasteiger partial charge on any atom is 0.225 e. The number of hydrogen-bond donors (Lipinski definition) is 2. The second kappa shape index (κ2) is 8.71. The van der Waals surface area contributed by atoms with Crippen molar-refractivity contribution in [1.29, 1.82) is 0 Å². The number of benzene rings is 1. The number of anilines is 1. The number of nitrogens with one attached hydrogen (secondary N) is 1. The molecule has 2 N–H and O–H groups in total. The molecule has 2 heterocycles. The molecular weight excluding hydrogens is 372 g/mol. The zero-order chi connectivity index (χ0) is 20.2. The highest BCUT2D eigenvalue weighted by molar-refractivity contribution is 5.72. The van der Waals surface area contributed by atoms with E-state index in [0.717, 1.165) is 24.9 Å². The van der Waals surface area contributed by atoms with Gasteiger partial charge in [-0.1, -0.05) is 5.21 Å². The first-order chi connectivity index (χ1) is 14.1. The van der Waals surface area contributed by atoms with Gasteiger partial charge in [0, 0.05) is 6.04 Å². The Bertz CT molecular complexity index is 943. The third-order valence-electron chi connectivity index (χ3n) is 4.82. The summed E-state index contributed by atoms with van der Waals surface area (Å²) in [5.41, 5.74) is 2.09. The summed E-state index contributed by atoms with van der Waals surface area (Å²) >= 11 is 0. The fourth-order valence-corrected chi connectivity index (χ4v) is 3.58. The van der Waals surface area contributed by atoms with Crippen molar-refractivity contribution in [2.75, 3.05) is 18.5 Å². The molecule has 9 heteroatoms. The van der Waals surface area contributed by atoms with E-state index in [1.807, 2.05) is 24.3 Å². The van der Waals surface area contributed by atoms with E-state index in [1.165, 1.54) is 0 Å². The summed E-state index contributed by atoms with van der Waals surface area (Å²) in [4.78, 5) is 9.03. The van der Waals surface area contributed by atoms with Gasteiger partial charge in [-0.25, -0.2) is 4.98 Å². The lowest BCUT2D eigenvalue weighted by Gasteiger charge is -2.16. The molecule has 0 aliphatic heterocycles. The second-order valence-corrected chi connectivity index (χ2v) is 7.43. The van der Waals surface area contributed by atoms with Crippen LogP contribution in [-0.4, -0.2) is 61.5 Å². The summed E-state index contributed by atoms with van der Waals surface area (Å²) in [5, 5.41) is 20.7. The number of ether oxygens (including phenoxy) is 2. The number of aliphatic hydroxyl groups excluding tert-OH is 1. The van der Waals surface area contributed by atoms with Crippen molar-refractivity contribution >= 4 is 17.1 Å². The SMILES string of the molecule is CC(C)OC1CCC(Nc2ncc3nnn(-c4ccc(OCCO)cc4)c3n2)C1. The van der Waals surface area contributed by atoms with Gasteiger partial charge in [0.25, 0.3) is 0 Å². The van der Waals surface area contributed by atoms with Gasteiger partial charge >= 0.3 is 0 Å².